The van der Waals surface area contributed by atoms with Crippen LogP contribution in [0.2, 0.25) is 0 Å². The first-order valence-corrected chi connectivity index (χ1v) is 11.1. The Hall–Kier alpha value is -4.19. The molecular weight excluding hydrogens is 433 g/mol. The van der Waals surface area contributed by atoms with Crippen molar-refractivity contribution in [3.05, 3.63) is 101 Å². The van der Waals surface area contributed by atoms with E-state index in [0.29, 0.717) is 22.1 Å². The van der Waals surface area contributed by atoms with Gasteiger partial charge in [0.25, 0.3) is 0 Å². The highest BCUT2D eigenvalue weighted by Crippen LogP contribution is 2.33. The van der Waals surface area contributed by atoms with Crippen LogP contribution in [0.1, 0.15) is 39.7 Å². The topological polar surface area (TPSA) is 72.5 Å². The first-order valence-electron chi connectivity index (χ1n) is 11.1. The molecular formula is C28H22FNO4. The second-order valence-electron chi connectivity index (χ2n) is 8.27. The fourth-order valence-electron chi connectivity index (χ4n) is 4.04. The second-order valence-corrected chi connectivity index (χ2v) is 8.27. The van der Waals surface area contributed by atoms with Crippen LogP contribution < -0.4 is 5.32 Å². The number of furan rings is 2. The maximum atomic E-state index is 14.1. The van der Waals surface area contributed by atoms with Crippen LogP contribution in [0.3, 0.4) is 0 Å². The van der Waals surface area contributed by atoms with E-state index in [0.717, 1.165) is 22.9 Å². The van der Waals surface area contributed by atoms with E-state index >= 15 is 0 Å². The maximum absolute atomic E-state index is 14.1. The summed E-state index contributed by atoms with van der Waals surface area (Å²) in [4.78, 5) is 26.3. The van der Waals surface area contributed by atoms with Gasteiger partial charge in [0.05, 0.1) is 18.4 Å². The van der Waals surface area contributed by atoms with Gasteiger partial charge >= 0.3 is 0 Å². The van der Waals surface area contributed by atoms with E-state index in [4.69, 9.17) is 8.83 Å². The third-order valence-corrected chi connectivity index (χ3v) is 5.98. The predicted octanol–water partition coefficient (Wildman–Crippen LogP) is 6.60. The number of rotatable bonds is 6. The zero-order valence-electron chi connectivity index (χ0n) is 18.8. The van der Waals surface area contributed by atoms with Crippen molar-refractivity contribution in [2.75, 3.05) is 5.32 Å². The number of halogens is 1. The largest absolute Gasteiger partial charge is 0.464 e. The van der Waals surface area contributed by atoms with E-state index < -0.39 is 11.6 Å². The number of carbonyl (C=O) groups is 2. The first kappa shape index (κ1) is 21.6. The molecule has 6 heteroatoms. The Morgan fingerprint density at radius 3 is 2.59 bits per heavy atom. The number of amides is 1. The third-order valence-electron chi connectivity index (χ3n) is 5.98. The van der Waals surface area contributed by atoms with Gasteiger partial charge in [0, 0.05) is 21.9 Å². The number of para-hydroxylation sites is 1. The molecule has 5 nitrogen and oxygen atoms in total. The van der Waals surface area contributed by atoms with Crippen LogP contribution in [-0.2, 0) is 17.6 Å². The van der Waals surface area contributed by atoms with Crippen LogP contribution in [0.5, 0.6) is 0 Å². The minimum absolute atomic E-state index is 0.0388. The average Bonchev–Trinajstić information content (AvgIpc) is 3.41. The smallest absolute Gasteiger partial charge is 0.230 e. The van der Waals surface area contributed by atoms with Gasteiger partial charge in [-0.1, -0.05) is 37.3 Å². The molecule has 0 aliphatic carbocycles. The quantitative estimate of drug-likeness (QED) is 0.293. The minimum Gasteiger partial charge on any atom is -0.464 e. The van der Waals surface area contributed by atoms with Gasteiger partial charge in [-0.3, -0.25) is 9.59 Å². The van der Waals surface area contributed by atoms with Gasteiger partial charge in [0.2, 0.25) is 11.7 Å². The van der Waals surface area contributed by atoms with E-state index in [2.05, 4.69) is 12.2 Å². The van der Waals surface area contributed by atoms with Crippen LogP contribution in [-0.4, -0.2) is 11.7 Å². The van der Waals surface area contributed by atoms with Crippen molar-refractivity contribution >= 4 is 39.3 Å². The van der Waals surface area contributed by atoms with Gasteiger partial charge in [-0.2, -0.15) is 0 Å². The van der Waals surface area contributed by atoms with E-state index in [9.17, 15) is 14.0 Å². The van der Waals surface area contributed by atoms with Crippen molar-refractivity contribution in [3.8, 4) is 0 Å². The summed E-state index contributed by atoms with van der Waals surface area (Å²) in [5.41, 5.74) is 3.92. The van der Waals surface area contributed by atoms with Crippen molar-refractivity contribution in [1.29, 1.82) is 0 Å². The van der Waals surface area contributed by atoms with E-state index in [1.54, 1.807) is 43.5 Å². The highest BCUT2D eigenvalue weighted by atomic mass is 19.1. The maximum Gasteiger partial charge on any atom is 0.230 e. The van der Waals surface area contributed by atoms with Gasteiger partial charge in [0.1, 0.15) is 17.0 Å². The first-order chi connectivity index (χ1) is 16.4. The number of fused-ring (bicyclic) bond motifs is 2. The number of aryl methyl sites for hydroxylation is 2. The lowest BCUT2D eigenvalue weighted by Crippen LogP contribution is -2.16. The lowest BCUT2D eigenvalue weighted by atomic mass is 10.0. The van der Waals surface area contributed by atoms with E-state index in [1.165, 1.54) is 12.1 Å². The molecule has 0 atom stereocenters. The number of ketones is 1. The minimum atomic E-state index is -0.508. The standard InChI is InChI=1S/C28H22FNO4/c1-3-17-9-11-23-21(12-17)19(15-33-23)14-25(31)30-26-20-6-4-5-7-24(20)34-28(26)27(32)18-10-8-16(2)22(29)13-18/h4-13,15H,3,14H2,1-2H3,(H,30,31). The molecule has 0 bridgehead atoms. The molecule has 2 aromatic heterocycles. The lowest BCUT2D eigenvalue weighted by Gasteiger charge is -2.07. The van der Waals surface area contributed by atoms with E-state index in [1.807, 2.05) is 18.2 Å². The molecule has 2 heterocycles. The van der Waals surface area contributed by atoms with Gasteiger partial charge in [-0.25, -0.2) is 4.39 Å². The number of hydrogen-bond acceptors (Lipinski definition) is 4. The highest BCUT2D eigenvalue weighted by Gasteiger charge is 2.24. The van der Waals surface area contributed by atoms with Crippen molar-refractivity contribution in [3.63, 3.8) is 0 Å². The molecule has 170 valence electrons. The Labute approximate surface area is 195 Å². The SMILES string of the molecule is CCc1ccc2occ(CC(=O)Nc3c(C(=O)c4ccc(C)c(F)c4)oc4ccccc34)c2c1. The molecule has 5 rings (SSSR count). The predicted molar refractivity (Wildman–Crippen MR) is 129 cm³/mol. The molecule has 0 saturated heterocycles. The Bertz CT molecular complexity index is 1560. The van der Waals surface area contributed by atoms with Crippen LogP contribution in [0, 0.1) is 12.7 Å². The summed E-state index contributed by atoms with van der Waals surface area (Å²) in [5.74, 6) is -1.35. The summed E-state index contributed by atoms with van der Waals surface area (Å²) in [6, 6.07) is 17.2. The highest BCUT2D eigenvalue weighted by molar-refractivity contribution is 6.17. The number of nitrogens with one attached hydrogen (secondary N) is 1. The number of benzene rings is 3. The summed E-state index contributed by atoms with van der Waals surface area (Å²) in [6.07, 6.45) is 2.52. The summed E-state index contributed by atoms with van der Waals surface area (Å²) < 4.78 is 25.5. The molecule has 0 aliphatic rings. The number of carbonyl (C=O) groups excluding carboxylic acids is 2. The van der Waals surface area contributed by atoms with Crippen molar-refractivity contribution in [2.45, 2.75) is 26.7 Å². The Kier molecular flexibility index (Phi) is 5.49. The van der Waals surface area contributed by atoms with Crippen molar-refractivity contribution in [2.24, 2.45) is 0 Å². The fourth-order valence-corrected chi connectivity index (χ4v) is 4.04. The van der Waals surface area contributed by atoms with Crippen LogP contribution in [0.25, 0.3) is 21.9 Å². The monoisotopic (exact) mass is 455 g/mol. The molecule has 0 aliphatic heterocycles. The Morgan fingerprint density at radius 2 is 1.79 bits per heavy atom. The summed E-state index contributed by atoms with van der Waals surface area (Å²) in [5, 5.41) is 4.33. The zero-order chi connectivity index (χ0) is 23.8. The van der Waals surface area contributed by atoms with Crippen molar-refractivity contribution < 1.29 is 22.8 Å². The Balaban J connectivity index is 1.49. The fraction of sp³-hybridized carbons (Fsp3) is 0.143. The van der Waals surface area contributed by atoms with Gasteiger partial charge in [-0.05, 0) is 54.8 Å². The van der Waals surface area contributed by atoms with Crippen LogP contribution >= 0.6 is 0 Å². The van der Waals surface area contributed by atoms with Gasteiger partial charge in [-0.15, -0.1) is 0 Å². The lowest BCUT2D eigenvalue weighted by molar-refractivity contribution is -0.115. The molecule has 0 fully saturated rings. The number of hydrogen-bond donors (Lipinski definition) is 1. The molecule has 0 spiro atoms. The average molecular weight is 455 g/mol. The van der Waals surface area contributed by atoms with Crippen LogP contribution in [0.15, 0.2) is 75.8 Å². The molecule has 0 unspecified atom stereocenters. The number of anilines is 1. The van der Waals surface area contributed by atoms with Gasteiger partial charge in [0.15, 0.2) is 5.76 Å². The molecule has 1 amide bonds. The molecule has 5 aromatic rings. The molecule has 1 N–H and O–H groups in total. The van der Waals surface area contributed by atoms with Crippen LogP contribution in [0.4, 0.5) is 10.1 Å². The zero-order valence-corrected chi connectivity index (χ0v) is 18.8. The molecule has 3 aromatic carbocycles. The normalized spacial score (nSPS) is 11.3. The summed E-state index contributed by atoms with van der Waals surface area (Å²) in [7, 11) is 0. The second kappa shape index (κ2) is 8.63. The molecule has 0 saturated carbocycles. The van der Waals surface area contributed by atoms with E-state index in [-0.39, 0.29) is 29.3 Å². The summed E-state index contributed by atoms with van der Waals surface area (Å²) >= 11 is 0. The van der Waals surface area contributed by atoms with Crippen molar-refractivity contribution in [1.82, 2.24) is 0 Å². The Morgan fingerprint density at radius 1 is 0.971 bits per heavy atom. The molecule has 0 radical (unpaired) electrons. The summed E-state index contributed by atoms with van der Waals surface area (Å²) in [6.45, 7) is 3.69. The third kappa shape index (κ3) is 3.88. The van der Waals surface area contributed by atoms with Gasteiger partial charge < -0.3 is 14.2 Å². The molecule has 34 heavy (non-hydrogen) atoms.